The zero-order valence-corrected chi connectivity index (χ0v) is 18.9. The van der Waals surface area contributed by atoms with Crippen LogP contribution in [0.1, 0.15) is 50.2 Å². The van der Waals surface area contributed by atoms with Crippen LogP contribution in [0.3, 0.4) is 0 Å². The van der Waals surface area contributed by atoms with Gasteiger partial charge in [0.25, 0.3) is 0 Å². The van der Waals surface area contributed by atoms with Crippen molar-refractivity contribution in [1.29, 1.82) is 0 Å². The van der Waals surface area contributed by atoms with Crippen molar-refractivity contribution in [2.45, 2.75) is 52.1 Å². The van der Waals surface area contributed by atoms with E-state index in [1.807, 2.05) is 0 Å². The second-order valence-corrected chi connectivity index (χ2v) is 8.71. The Morgan fingerprint density at radius 1 is 1.17 bits per heavy atom. The molecule has 0 bridgehead atoms. The molecule has 6 nitrogen and oxygen atoms in total. The molecule has 1 aromatic carbocycles. The molecule has 0 amide bonds. The Labute approximate surface area is 182 Å². The van der Waals surface area contributed by atoms with Gasteiger partial charge >= 0.3 is 0 Å². The average Bonchev–Trinajstić information content (AvgIpc) is 3.24. The molecule has 2 aliphatic rings. The van der Waals surface area contributed by atoms with Crippen LogP contribution in [-0.2, 0) is 22.6 Å². The summed E-state index contributed by atoms with van der Waals surface area (Å²) in [4.78, 5) is 7.33. The monoisotopic (exact) mass is 416 g/mol. The number of hydrogen-bond acceptors (Lipinski definition) is 4. The molecule has 0 radical (unpaired) electrons. The molecule has 0 atom stereocenters. The van der Waals surface area contributed by atoms with E-state index in [0.29, 0.717) is 12.0 Å². The Morgan fingerprint density at radius 3 is 2.67 bits per heavy atom. The molecule has 0 spiro atoms. The summed E-state index contributed by atoms with van der Waals surface area (Å²) < 4.78 is 10.8. The quantitative estimate of drug-likeness (QED) is 0.453. The summed E-state index contributed by atoms with van der Waals surface area (Å²) in [6.45, 7) is 10.2. The van der Waals surface area contributed by atoms with E-state index in [1.165, 1.54) is 36.8 Å². The number of ether oxygens (including phenoxy) is 2. The molecule has 1 saturated carbocycles. The molecule has 30 heavy (non-hydrogen) atoms. The predicted molar refractivity (Wildman–Crippen MR) is 123 cm³/mol. The van der Waals surface area contributed by atoms with Crippen molar-refractivity contribution < 1.29 is 9.47 Å². The highest BCUT2D eigenvalue weighted by atomic mass is 16.5. The first-order valence-corrected chi connectivity index (χ1v) is 11.6. The second kappa shape index (κ2) is 12.3. The lowest BCUT2D eigenvalue weighted by atomic mass is 9.83. The molecule has 1 saturated heterocycles. The summed E-state index contributed by atoms with van der Waals surface area (Å²) in [5, 5.41) is 7.04. The molecule has 2 fully saturated rings. The van der Waals surface area contributed by atoms with E-state index < -0.39 is 0 Å². The average molecular weight is 417 g/mol. The van der Waals surface area contributed by atoms with Gasteiger partial charge in [-0.15, -0.1) is 0 Å². The van der Waals surface area contributed by atoms with Crippen LogP contribution < -0.4 is 10.6 Å². The number of benzene rings is 1. The highest BCUT2D eigenvalue weighted by Crippen LogP contribution is 2.40. The van der Waals surface area contributed by atoms with Gasteiger partial charge in [-0.05, 0) is 42.7 Å². The van der Waals surface area contributed by atoms with Crippen molar-refractivity contribution in [2.24, 2.45) is 10.4 Å². The number of rotatable bonds is 10. The Bertz CT molecular complexity index is 652. The Hall–Kier alpha value is -1.63. The molecule has 1 aliphatic carbocycles. The van der Waals surface area contributed by atoms with E-state index in [9.17, 15) is 0 Å². The van der Waals surface area contributed by atoms with Crippen LogP contribution in [0.4, 0.5) is 0 Å². The summed E-state index contributed by atoms with van der Waals surface area (Å²) in [5.74, 6) is 0.916. The van der Waals surface area contributed by atoms with Gasteiger partial charge in [0, 0.05) is 46.4 Å². The summed E-state index contributed by atoms with van der Waals surface area (Å²) in [7, 11) is 1.80. The third-order valence-corrected chi connectivity index (χ3v) is 6.40. The standard InChI is InChI=1S/C24H40N4O2/c1-3-25-23(27-20-24(11-14-29-2)9-4-5-10-24)26-18-21-7-6-8-22(17-21)19-28-12-15-30-16-13-28/h6-8,17H,3-5,9-16,18-20H2,1-2H3,(H2,25,26,27). The third kappa shape index (κ3) is 7.25. The molecule has 0 aromatic heterocycles. The highest BCUT2D eigenvalue weighted by Gasteiger charge is 2.33. The van der Waals surface area contributed by atoms with Gasteiger partial charge in [-0.2, -0.15) is 0 Å². The molecule has 3 rings (SSSR count). The fourth-order valence-electron chi connectivity index (χ4n) is 4.59. The van der Waals surface area contributed by atoms with Crippen molar-refractivity contribution in [3.63, 3.8) is 0 Å². The van der Waals surface area contributed by atoms with Crippen LogP contribution in [0, 0.1) is 5.41 Å². The topological polar surface area (TPSA) is 58.1 Å². The fraction of sp³-hybridized carbons (Fsp3) is 0.708. The van der Waals surface area contributed by atoms with Crippen LogP contribution in [0.2, 0.25) is 0 Å². The van der Waals surface area contributed by atoms with Gasteiger partial charge in [0.15, 0.2) is 5.96 Å². The highest BCUT2D eigenvalue weighted by molar-refractivity contribution is 5.79. The van der Waals surface area contributed by atoms with E-state index in [2.05, 4.69) is 46.7 Å². The number of guanidine groups is 1. The van der Waals surface area contributed by atoms with Gasteiger partial charge in [0.05, 0.1) is 19.8 Å². The summed E-state index contributed by atoms with van der Waals surface area (Å²) >= 11 is 0. The number of nitrogens with one attached hydrogen (secondary N) is 2. The number of nitrogens with zero attached hydrogens (tertiary/aromatic N) is 2. The van der Waals surface area contributed by atoms with Crippen molar-refractivity contribution in [3.05, 3.63) is 35.4 Å². The molecule has 1 aliphatic heterocycles. The normalized spacial score (nSPS) is 19.7. The Balaban J connectivity index is 1.56. The van der Waals surface area contributed by atoms with Gasteiger partial charge in [-0.3, -0.25) is 4.90 Å². The maximum atomic E-state index is 5.46. The van der Waals surface area contributed by atoms with Gasteiger partial charge in [0.1, 0.15) is 0 Å². The number of hydrogen-bond donors (Lipinski definition) is 2. The van der Waals surface area contributed by atoms with Crippen molar-refractivity contribution in [1.82, 2.24) is 15.5 Å². The SMILES string of the molecule is CCNC(=NCc1cccc(CN2CCOCC2)c1)NCC1(CCOC)CCCC1. The summed E-state index contributed by atoms with van der Waals surface area (Å²) in [6.07, 6.45) is 6.35. The first-order valence-electron chi connectivity index (χ1n) is 11.6. The van der Waals surface area contributed by atoms with Crippen molar-refractivity contribution in [3.8, 4) is 0 Å². The van der Waals surface area contributed by atoms with Gasteiger partial charge in [-0.25, -0.2) is 4.99 Å². The zero-order valence-electron chi connectivity index (χ0n) is 18.9. The van der Waals surface area contributed by atoms with Crippen LogP contribution in [0.25, 0.3) is 0 Å². The van der Waals surface area contributed by atoms with E-state index >= 15 is 0 Å². The van der Waals surface area contributed by atoms with Crippen LogP contribution in [-0.4, -0.2) is 64.0 Å². The lowest BCUT2D eigenvalue weighted by molar-refractivity contribution is 0.0342. The Kier molecular flexibility index (Phi) is 9.43. The molecule has 2 N–H and O–H groups in total. The molecular formula is C24H40N4O2. The molecule has 6 heteroatoms. The van der Waals surface area contributed by atoms with Crippen LogP contribution >= 0.6 is 0 Å². The maximum absolute atomic E-state index is 5.46. The first kappa shape index (κ1) is 23.0. The molecule has 168 valence electrons. The van der Waals surface area contributed by atoms with E-state index in [0.717, 1.165) is 64.9 Å². The number of methoxy groups -OCH3 is 1. The third-order valence-electron chi connectivity index (χ3n) is 6.40. The zero-order chi connectivity index (χ0) is 21.1. The van der Waals surface area contributed by atoms with E-state index in [-0.39, 0.29) is 0 Å². The van der Waals surface area contributed by atoms with Crippen LogP contribution in [0.5, 0.6) is 0 Å². The van der Waals surface area contributed by atoms with E-state index in [4.69, 9.17) is 14.5 Å². The van der Waals surface area contributed by atoms with Crippen molar-refractivity contribution in [2.75, 3.05) is 53.1 Å². The minimum Gasteiger partial charge on any atom is -0.385 e. The molecular weight excluding hydrogens is 376 g/mol. The van der Waals surface area contributed by atoms with Crippen molar-refractivity contribution >= 4 is 5.96 Å². The molecule has 1 heterocycles. The maximum Gasteiger partial charge on any atom is 0.191 e. The summed E-state index contributed by atoms with van der Waals surface area (Å²) in [5.41, 5.74) is 2.96. The van der Waals surface area contributed by atoms with Crippen LogP contribution in [0.15, 0.2) is 29.3 Å². The largest absolute Gasteiger partial charge is 0.385 e. The number of morpholine rings is 1. The predicted octanol–water partition coefficient (Wildman–Crippen LogP) is 3.17. The number of aliphatic imine (C=N–C) groups is 1. The van der Waals surface area contributed by atoms with Gasteiger partial charge < -0.3 is 20.1 Å². The lowest BCUT2D eigenvalue weighted by Crippen LogP contribution is -2.43. The summed E-state index contributed by atoms with van der Waals surface area (Å²) in [6, 6.07) is 8.83. The molecule has 0 unspecified atom stereocenters. The minimum atomic E-state index is 0.351. The first-order chi connectivity index (χ1) is 14.7. The van der Waals surface area contributed by atoms with E-state index in [1.54, 1.807) is 7.11 Å². The minimum absolute atomic E-state index is 0.351. The second-order valence-electron chi connectivity index (χ2n) is 8.71. The fourth-order valence-corrected chi connectivity index (χ4v) is 4.59. The van der Waals surface area contributed by atoms with Gasteiger partial charge in [-0.1, -0.05) is 37.1 Å². The lowest BCUT2D eigenvalue weighted by Gasteiger charge is -2.30. The Morgan fingerprint density at radius 2 is 1.93 bits per heavy atom. The van der Waals surface area contributed by atoms with Gasteiger partial charge in [0.2, 0.25) is 0 Å². The molecule has 1 aromatic rings. The smallest absolute Gasteiger partial charge is 0.191 e.